The molecule has 0 unspecified atom stereocenters. The van der Waals surface area contributed by atoms with Crippen molar-refractivity contribution in [3.05, 3.63) is 35.4 Å². The Bertz CT molecular complexity index is 537. The highest BCUT2D eigenvalue weighted by molar-refractivity contribution is 6.31. The standard InChI is InChI=1S/C12H12ClN3O/c1-17-10-3-2-8(13)6-9(10)7-4-11(14)16-12(15)5-7/h2-6H,1H3,(H4,14,15,16). The van der Waals surface area contributed by atoms with Crippen molar-refractivity contribution < 1.29 is 4.74 Å². The fourth-order valence-electron chi connectivity index (χ4n) is 1.64. The van der Waals surface area contributed by atoms with Crippen molar-refractivity contribution in [2.45, 2.75) is 0 Å². The molecule has 17 heavy (non-hydrogen) atoms. The summed E-state index contributed by atoms with van der Waals surface area (Å²) >= 11 is 5.97. The zero-order valence-corrected chi connectivity index (χ0v) is 10.0. The minimum atomic E-state index is 0.363. The summed E-state index contributed by atoms with van der Waals surface area (Å²) in [5.74, 6) is 1.43. The van der Waals surface area contributed by atoms with Crippen molar-refractivity contribution in [1.29, 1.82) is 0 Å². The van der Waals surface area contributed by atoms with E-state index in [9.17, 15) is 0 Å². The first-order chi connectivity index (χ1) is 8.10. The predicted octanol–water partition coefficient (Wildman–Crippen LogP) is 2.58. The molecule has 0 fully saturated rings. The zero-order valence-electron chi connectivity index (χ0n) is 9.27. The van der Waals surface area contributed by atoms with Crippen molar-refractivity contribution in [3.8, 4) is 16.9 Å². The van der Waals surface area contributed by atoms with Crippen LogP contribution in [0.3, 0.4) is 0 Å². The van der Waals surface area contributed by atoms with Crippen molar-refractivity contribution in [3.63, 3.8) is 0 Å². The van der Waals surface area contributed by atoms with E-state index >= 15 is 0 Å². The van der Waals surface area contributed by atoms with Crippen LogP contribution in [0, 0.1) is 0 Å². The normalized spacial score (nSPS) is 10.2. The average Bonchev–Trinajstić information content (AvgIpc) is 2.27. The summed E-state index contributed by atoms with van der Waals surface area (Å²) in [6.45, 7) is 0. The highest BCUT2D eigenvalue weighted by atomic mass is 35.5. The first-order valence-corrected chi connectivity index (χ1v) is 5.35. The van der Waals surface area contributed by atoms with Gasteiger partial charge in [0.2, 0.25) is 0 Å². The maximum Gasteiger partial charge on any atom is 0.126 e. The largest absolute Gasteiger partial charge is 0.496 e. The van der Waals surface area contributed by atoms with E-state index < -0.39 is 0 Å². The minimum Gasteiger partial charge on any atom is -0.496 e. The predicted molar refractivity (Wildman–Crippen MR) is 70.1 cm³/mol. The van der Waals surface area contributed by atoms with Gasteiger partial charge in [0.25, 0.3) is 0 Å². The molecule has 0 radical (unpaired) electrons. The van der Waals surface area contributed by atoms with Crippen LogP contribution in [0.4, 0.5) is 11.6 Å². The molecule has 0 amide bonds. The van der Waals surface area contributed by atoms with Gasteiger partial charge in [-0.3, -0.25) is 0 Å². The topological polar surface area (TPSA) is 74.2 Å². The summed E-state index contributed by atoms with van der Waals surface area (Å²) < 4.78 is 5.27. The molecule has 5 heteroatoms. The Morgan fingerprint density at radius 2 is 1.76 bits per heavy atom. The van der Waals surface area contributed by atoms with E-state index in [4.69, 9.17) is 27.8 Å². The second-order valence-electron chi connectivity index (χ2n) is 3.55. The van der Waals surface area contributed by atoms with Gasteiger partial charge in [-0.15, -0.1) is 0 Å². The molecule has 1 aromatic carbocycles. The Labute approximate surface area is 104 Å². The second kappa shape index (κ2) is 4.51. The van der Waals surface area contributed by atoms with Gasteiger partial charge in [0, 0.05) is 10.6 Å². The molecular formula is C12H12ClN3O. The molecule has 0 aliphatic carbocycles. The first kappa shape index (κ1) is 11.5. The maximum atomic E-state index is 5.97. The SMILES string of the molecule is COc1ccc(Cl)cc1-c1cc(N)nc(N)c1. The number of halogens is 1. The second-order valence-corrected chi connectivity index (χ2v) is 3.99. The van der Waals surface area contributed by atoms with E-state index in [0.29, 0.717) is 22.4 Å². The first-order valence-electron chi connectivity index (χ1n) is 4.97. The summed E-state index contributed by atoms with van der Waals surface area (Å²) in [6, 6.07) is 8.81. The Balaban J connectivity index is 2.62. The van der Waals surface area contributed by atoms with Gasteiger partial charge >= 0.3 is 0 Å². The molecule has 0 bridgehead atoms. The van der Waals surface area contributed by atoms with Crippen LogP contribution in [0.25, 0.3) is 11.1 Å². The lowest BCUT2D eigenvalue weighted by molar-refractivity contribution is 0.416. The molecule has 0 atom stereocenters. The molecule has 1 aromatic heterocycles. The van der Waals surface area contributed by atoms with Gasteiger partial charge in [-0.1, -0.05) is 11.6 Å². The van der Waals surface area contributed by atoms with E-state index in [1.807, 2.05) is 0 Å². The van der Waals surface area contributed by atoms with Gasteiger partial charge in [-0.05, 0) is 35.9 Å². The van der Waals surface area contributed by atoms with Gasteiger partial charge in [0.05, 0.1) is 7.11 Å². The van der Waals surface area contributed by atoms with Crippen LogP contribution in [-0.2, 0) is 0 Å². The summed E-state index contributed by atoms with van der Waals surface area (Å²) in [7, 11) is 1.60. The Kier molecular flexibility index (Phi) is 3.06. The van der Waals surface area contributed by atoms with Crippen LogP contribution in [0.2, 0.25) is 5.02 Å². The number of rotatable bonds is 2. The zero-order chi connectivity index (χ0) is 12.4. The van der Waals surface area contributed by atoms with Gasteiger partial charge in [0.1, 0.15) is 17.4 Å². The molecule has 2 rings (SSSR count). The van der Waals surface area contributed by atoms with Crippen molar-refractivity contribution in [2.24, 2.45) is 0 Å². The molecule has 0 spiro atoms. The number of benzene rings is 1. The summed E-state index contributed by atoms with van der Waals surface area (Å²) in [4.78, 5) is 3.92. The molecular weight excluding hydrogens is 238 g/mol. The fraction of sp³-hybridized carbons (Fsp3) is 0.0833. The van der Waals surface area contributed by atoms with Gasteiger partial charge < -0.3 is 16.2 Å². The van der Waals surface area contributed by atoms with Crippen LogP contribution in [0.1, 0.15) is 0 Å². The number of anilines is 2. The molecule has 0 aliphatic rings. The number of nitrogens with zero attached hydrogens (tertiary/aromatic N) is 1. The Morgan fingerprint density at radius 3 is 2.35 bits per heavy atom. The van der Waals surface area contributed by atoms with Crippen LogP contribution < -0.4 is 16.2 Å². The number of nitrogen functional groups attached to an aromatic ring is 2. The third-order valence-electron chi connectivity index (χ3n) is 2.34. The highest BCUT2D eigenvalue weighted by Gasteiger charge is 2.08. The van der Waals surface area contributed by atoms with Crippen LogP contribution in [0.15, 0.2) is 30.3 Å². The molecule has 2 aromatic rings. The van der Waals surface area contributed by atoms with Crippen LogP contribution in [0.5, 0.6) is 5.75 Å². The average molecular weight is 250 g/mol. The Hall–Kier alpha value is -1.94. The number of hydrogen-bond donors (Lipinski definition) is 2. The van der Waals surface area contributed by atoms with Gasteiger partial charge in [-0.2, -0.15) is 0 Å². The number of nitrogens with two attached hydrogens (primary N) is 2. The highest BCUT2D eigenvalue weighted by Crippen LogP contribution is 2.33. The summed E-state index contributed by atoms with van der Waals surface area (Å²) in [5, 5.41) is 0.620. The third-order valence-corrected chi connectivity index (χ3v) is 2.57. The monoisotopic (exact) mass is 249 g/mol. The molecule has 4 nitrogen and oxygen atoms in total. The Morgan fingerprint density at radius 1 is 1.12 bits per heavy atom. The van der Waals surface area contributed by atoms with Gasteiger partial charge in [0.15, 0.2) is 0 Å². The number of methoxy groups -OCH3 is 1. The number of aromatic nitrogens is 1. The molecule has 4 N–H and O–H groups in total. The van der Waals surface area contributed by atoms with E-state index in [1.54, 1.807) is 37.4 Å². The van der Waals surface area contributed by atoms with E-state index in [-0.39, 0.29) is 0 Å². The number of hydrogen-bond acceptors (Lipinski definition) is 4. The lowest BCUT2D eigenvalue weighted by atomic mass is 10.1. The number of pyridine rings is 1. The molecule has 0 saturated carbocycles. The maximum absolute atomic E-state index is 5.97. The fourth-order valence-corrected chi connectivity index (χ4v) is 1.81. The third kappa shape index (κ3) is 2.42. The van der Waals surface area contributed by atoms with Crippen molar-refractivity contribution in [1.82, 2.24) is 4.98 Å². The van der Waals surface area contributed by atoms with Crippen LogP contribution >= 0.6 is 11.6 Å². The minimum absolute atomic E-state index is 0.363. The smallest absolute Gasteiger partial charge is 0.126 e. The van der Waals surface area contributed by atoms with E-state index in [0.717, 1.165) is 11.1 Å². The lowest BCUT2D eigenvalue weighted by Gasteiger charge is -2.10. The van der Waals surface area contributed by atoms with E-state index in [1.165, 1.54) is 0 Å². The quantitative estimate of drug-likeness (QED) is 0.858. The number of ether oxygens (including phenoxy) is 1. The molecule has 0 aliphatic heterocycles. The van der Waals surface area contributed by atoms with Crippen molar-refractivity contribution >= 4 is 23.2 Å². The molecule has 0 saturated heterocycles. The van der Waals surface area contributed by atoms with Gasteiger partial charge in [-0.25, -0.2) is 4.98 Å². The molecule has 88 valence electrons. The summed E-state index contributed by atoms with van der Waals surface area (Å²) in [6.07, 6.45) is 0. The van der Waals surface area contributed by atoms with E-state index in [2.05, 4.69) is 4.98 Å². The lowest BCUT2D eigenvalue weighted by Crippen LogP contribution is -1.97. The molecule has 1 heterocycles. The summed E-state index contributed by atoms with van der Waals surface area (Å²) in [5.41, 5.74) is 13.0. The van der Waals surface area contributed by atoms with Crippen molar-refractivity contribution in [2.75, 3.05) is 18.6 Å². The van der Waals surface area contributed by atoms with Crippen LogP contribution in [-0.4, -0.2) is 12.1 Å².